The van der Waals surface area contributed by atoms with Gasteiger partial charge < -0.3 is 14.8 Å². The fraction of sp³-hybridized carbons (Fsp3) is 0.222. The van der Waals surface area contributed by atoms with E-state index in [1.54, 1.807) is 7.11 Å². The third-order valence-corrected chi connectivity index (χ3v) is 2.92. The van der Waals surface area contributed by atoms with Crippen molar-refractivity contribution in [2.75, 3.05) is 20.8 Å². The second-order valence-corrected chi connectivity index (χ2v) is 4.47. The maximum Gasteiger partial charge on any atom is 0.162 e. The molecule has 3 heteroatoms. The van der Waals surface area contributed by atoms with E-state index in [-0.39, 0.29) is 0 Å². The SMILES string of the molecule is CNCc1ccc(OC)c(OCC#Cc2ccccc2)c1. The summed E-state index contributed by atoms with van der Waals surface area (Å²) in [7, 11) is 3.55. The molecule has 0 saturated carbocycles. The molecule has 0 spiro atoms. The van der Waals surface area contributed by atoms with Crippen LogP contribution >= 0.6 is 0 Å². The molecule has 2 rings (SSSR count). The van der Waals surface area contributed by atoms with E-state index in [0.29, 0.717) is 12.4 Å². The molecule has 0 atom stereocenters. The first-order valence-electron chi connectivity index (χ1n) is 6.81. The summed E-state index contributed by atoms with van der Waals surface area (Å²) in [4.78, 5) is 0. The quantitative estimate of drug-likeness (QED) is 0.855. The molecule has 0 aliphatic carbocycles. The van der Waals surface area contributed by atoms with Gasteiger partial charge in [-0.15, -0.1) is 0 Å². The van der Waals surface area contributed by atoms with E-state index < -0.39 is 0 Å². The molecule has 21 heavy (non-hydrogen) atoms. The van der Waals surface area contributed by atoms with E-state index in [1.165, 1.54) is 0 Å². The molecule has 0 aliphatic rings. The summed E-state index contributed by atoms with van der Waals surface area (Å²) >= 11 is 0. The Hall–Kier alpha value is -2.44. The lowest BCUT2D eigenvalue weighted by Crippen LogP contribution is -2.06. The van der Waals surface area contributed by atoms with E-state index in [9.17, 15) is 0 Å². The summed E-state index contributed by atoms with van der Waals surface area (Å²) in [6, 6.07) is 15.7. The van der Waals surface area contributed by atoms with E-state index in [4.69, 9.17) is 9.47 Å². The molecule has 0 amide bonds. The molecule has 0 aromatic heterocycles. The minimum absolute atomic E-state index is 0.328. The zero-order chi connectivity index (χ0) is 14.9. The topological polar surface area (TPSA) is 30.5 Å². The van der Waals surface area contributed by atoms with Crippen LogP contribution < -0.4 is 14.8 Å². The number of nitrogens with one attached hydrogen (secondary N) is 1. The molecule has 0 radical (unpaired) electrons. The van der Waals surface area contributed by atoms with Gasteiger partial charge in [0.1, 0.15) is 6.61 Å². The molecule has 2 aromatic carbocycles. The molecule has 3 nitrogen and oxygen atoms in total. The first kappa shape index (κ1) is 15.0. The normalized spacial score (nSPS) is 9.62. The summed E-state index contributed by atoms with van der Waals surface area (Å²) in [5.41, 5.74) is 2.13. The zero-order valence-electron chi connectivity index (χ0n) is 12.3. The molecule has 0 fully saturated rings. The van der Waals surface area contributed by atoms with Crippen LogP contribution in [0.5, 0.6) is 11.5 Å². The van der Waals surface area contributed by atoms with Crippen LogP contribution in [-0.2, 0) is 6.54 Å². The summed E-state index contributed by atoms with van der Waals surface area (Å²) in [5.74, 6) is 7.51. The summed E-state index contributed by atoms with van der Waals surface area (Å²) in [6.45, 7) is 1.12. The molecule has 0 heterocycles. The average Bonchev–Trinajstić information content (AvgIpc) is 2.53. The lowest BCUT2D eigenvalue weighted by atomic mass is 10.2. The number of ether oxygens (including phenoxy) is 2. The predicted molar refractivity (Wildman–Crippen MR) is 84.6 cm³/mol. The molecule has 1 N–H and O–H groups in total. The number of benzene rings is 2. The fourth-order valence-electron chi connectivity index (χ4n) is 1.92. The monoisotopic (exact) mass is 281 g/mol. The summed E-state index contributed by atoms with van der Waals surface area (Å²) in [5, 5.41) is 3.11. The van der Waals surface area contributed by atoms with Crippen molar-refractivity contribution in [1.82, 2.24) is 5.32 Å². The van der Waals surface area contributed by atoms with Gasteiger partial charge in [-0.2, -0.15) is 0 Å². The largest absolute Gasteiger partial charge is 0.493 e. The Morgan fingerprint density at radius 2 is 1.86 bits per heavy atom. The first-order chi connectivity index (χ1) is 10.3. The highest BCUT2D eigenvalue weighted by Crippen LogP contribution is 2.27. The maximum atomic E-state index is 5.71. The van der Waals surface area contributed by atoms with Crippen LogP contribution in [0.1, 0.15) is 11.1 Å². The Balaban J connectivity index is 2.02. The third kappa shape index (κ3) is 4.55. The van der Waals surface area contributed by atoms with Gasteiger partial charge in [0.2, 0.25) is 0 Å². The van der Waals surface area contributed by atoms with E-state index in [1.807, 2.05) is 55.6 Å². The van der Waals surface area contributed by atoms with Crippen molar-refractivity contribution in [1.29, 1.82) is 0 Å². The van der Waals surface area contributed by atoms with Crippen LogP contribution in [0.2, 0.25) is 0 Å². The van der Waals surface area contributed by atoms with Crippen molar-refractivity contribution in [3.63, 3.8) is 0 Å². The lowest BCUT2D eigenvalue weighted by Gasteiger charge is -2.10. The van der Waals surface area contributed by atoms with Crippen LogP contribution in [0, 0.1) is 11.8 Å². The van der Waals surface area contributed by atoms with E-state index in [2.05, 4.69) is 17.2 Å². The molecule has 0 aliphatic heterocycles. The molecule has 0 saturated heterocycles. The molecular weight excluding hydrogens is 262 g/mol. The highest BCUT2D eigenvalue weighted by atomic mass is 16.5. The summed E-state index contributed by atoms with van der Waals surface area (Å²) in [6.07, 6.45) is 0. The van der Waals surface area contributed by atoms with Gasteiger partial charge >= 0.3 is 0 Å². The Morgan fingerprint density at radius 1 is 1.05 bits per heavy atom. The van der Waals surface area contributed by atoms with Gasteiger partial charge in [-0.1, -0.05) is 36.1 Å². The van der Waals surface area contributed by atoms with Crippen molar-refractivity contribution >= 4 is 0 Å². The zero-order valence-corrected chi connectivity index (χ0v) is 12.3. The standard InChI is InChI=1S/C18H19NO2/c1-19-14-16-10-11-17(20-2)18(13-16)21-12-6-9-15-7-4-3-5-8-15/h3-5,7-8,10-11,13,19H,12,14H2,1-2H3. The maximum absolute atomic E-state index is 5.71. The van der Waals surface area contributed by atoms with Gasteiger partial charge in [-0.05, 0) is 36.9 Å². The van der Waals surface area contributed by atoms with Crippen molar-refractivity contribution in [2.24, 2.45) is 0 Å². The van der Waals surface area contributed by atoms with Crippen LogP contribution in [0.4, 0.5) is 0 Å². The predicted octanol–water partition coefficient (Wildman–Crippen LogP) is 2.85. The van der Waals surface area contributed by atoms with Gasteiger partial charge in [-0.25, -0.2) is 0 Å². The number of hydrogen-bond donors (Lipinski definition) is 1. The third-order valence-electron chi connectivity index (χ3n) is 2.92. The van der Waals surface area contributed by atoms with Crippen molar-refractivity contribution in [3.05, 3.63) is 59.7 Å². The van der Waals surface area contributed by atoms with Gasteiger partial charge in [0.15, 0.2) is 11.5 Å². The minimum atomic E-state index is 0.328. The molecule has 0 bridgehead atoms. The molecule has 108 valence electrons. The summed E-state index contributed by atoms with van der Waals surface area (Å²) < 4.78 is 11.0. The highest BCUT2D eigenvalue weighted by Gasteiger charge is 2.04. The van der Waals surface area contributed by atoms with Gasteiger partial charge in [-0.3, -0.25) is 0 Å². The highest BCUT2D eigenvalue weighted by molar-refractivity contribution is 5.43. The van der Waals surface area contributed by atoms with Crippen molar-refractivity contribution in [3.8, 4) is 23.3 Å². The fourth-order valence-corrected chi connectivity index (χ4v) is 1.92. The first-order valence-corrected chi connectivity index (χ1v) is 6.81. The molecular formula is C18H19NO2. The van der Waals surface area contributed by atoms with E-state index in [0.717, 1.165) is 23.4 Å². The second-order valence-electron chi connectivity index (χ2n) is 4.47. The van der Waals surface area contributed by atoms with Crippen LogP contribution in [0.15, 0.2) is 48.5 Å². The number of hydrogen-bond acceptors (Lipinski definition) is 3. The Kier molecular flexibility index (Phi) is 5.69. The molecule has 0 unspecified atom stereocenters. The van der Waals surface area contributed by atoms with E-state index >= 15 is 0 Å². The molecule has 2 aromatic rings. The van der Waals surface area contributed by atoms with Crippen molar-refractivity contribution < 1.29 is 9.47 Å². The smallest absolute Gasteiger partial charge is 0.162 e. The lowest BCUT2D eigenvalue weighted by molar-refractivity contribution is 0.330. The Morgan fingerprint density at radius 3 is 2.57 bits per heavy atom. The van der Waals surface area contributed by atoms with Gasteiger partial charge in [0, 0.05) is 12.1 Å². The van der Waals surface area contributed by atoms with Crippen LogP contribution in [0.3, 0.4) is 0 Å². The van der Waals surface area contributed by atoms with Crippen molar-refractivity contribution in [2.45, 2.75) is 6.54 Å². The number of rotatable bonds is 5. The van der Waals surface area contributed by atoms with Gasteiger partial charge in [0.25, 0.3) is 0 Å². The van der Waals surface area contributed by atoms with Crippen LogP contribution in [0.25, 0.3) is 0 Å². The van der Waals surface area contributed by atoms with Gasteiger partial charge in [0.05, 0.1) is 7.11 Å². The second kappa shape index (κ2) is 7.98. The van der Waals surface area contributed by atoms with Crippen LogP contribution in [-0.4, -0.2) is 20.8 Å². The minimum Gasteiger partial charge on any atom is -0.493 e. The Labute approximate surface area is 125 Å². The Bertz CT molecular complexity index is 627. The number of methoxy groups -OCH3 is 1. The average molecular weight is 281 g/mol.